The molecule has 2 aliphatic heterocycles. The number of carbonyl (C=O) groups is 1. The number of hydrogen-bond acceptors (Lipinski definition) is 4. The number of methoxy groups -OCH3 is 1. The summed E-state index contributed by atoms with van der Waals surface area (Å²) in [7, 11) is 1.56. The average Bonchev–Trinajstić information content (AvgIpc) is 2.74. The Kier molecular flexibility index (Phi) is 5.33. The second kappa shape index (κ2) is 7.89. The maximum atomic E-state index is 14.2. The first-order valence-electron chi connectivity index (χ1n) is 9.63. The summed E-state index contributed by atoms with van der Waals surface area (Å²) in [5.74, 6) is 0.333. The van der Waals surface area contributed by atoms with Gasteiger partial charge in [-0.3, -0.25) is 9.69 Å². The highest BCUT2D eigenvalue weighted by Crippen LogP contribution is 2.34. The zero-order valence-corrected chi connectivity index (χ0v) is 16.1. The Labute approximate surface area is 164 Å². The van der Waals surface area contributed by atoms with Crippen LogP contribution in [0.1, 0.15) is 18.4 Å². The van der Waals surface area contributed by atoms with E-state index in [9.17, 15) is 9.18 Å². The van der Waals surface area contributed by atoms with Crippen molar-refractivity contribution in [2.75, 3.05) is 38.3 Å². The van der Waals surface area contributed by atoms with Gasteiger partial charge in [-0.2, -0.15) is 0 Å². The smallest absolute Gasteiger partial charge is 0.253 e. The maximum absolute atomic E-state index is 14.2. The molecule has 0 saturated carbocycles. The van der Waals surface area contributed by atoms with Crippen LogP contribution < -0.4 is 9.64 Å². The van der Waals surface area contributed by atoms with E-state index in [1.54, 1.807) is 19.2 Å². The Morgan fingerprint density at radius 3 is 2.57 bits per heavy atom. The summed E-state index contributed by atoms with van der Waals surface area (Å²) in [4.78, 5) is 16.4. The number of hydrogen-bond donors (Lipinski definition) is 0. The average molecular weight is 384 g/mol. The molecule has 0 bridgehead atoms. The van der Waals surface area contributed by atoms with Crippen LogP contribution in [0.5, 0.6) is 5.75 Å². The number of benzene rings is 2. The molecular weight excluding hydrogens is 359 g/mol. The monoisotopic (exact) mass is 384 g/mol. The van der Waals surface area contributed by atoms with Gasteiger partial charge in [0.05, 0.1) is 19.3 Å². The van der Waals surface area contributed by atoms with Crippen LogP contribution in [0.15, 0.2) is 48.5 Å². The minimum absolute atomic E-state index is 0.00431. The lowest BCUT2D eigenvalue weighted by Crippen LogP contribution is -2.58. The molecule has 0 atom stereocenters. The van der Waals surface area contributed by atoms with Crippen LogP contribution in [-0.4, -0.2) is 49.8 Å². The lowest BCUT2D eigenvalue weighted by atomic mass is 9.88. The molecule has 148 valence electrons. The van der Waals surface area contributed by atoms with Crippen LogP contribution in [0.4, 0.5) is 10.1 Å². The fourth-order valence-electron chi connectivity index (χ4n) is 4.09. The lowest BCUT2D eigenvalue weighted by molar-refractivity contribution is -0.145. The first-order valence-corrected chi connectivity index (χ1v) is 9.63. The van der Waals surface area contributed by atoms with Crippen LogP contribution in [0.2, 0.25) is 0 Å². The molecule has 2 heterocycles. The first-order chi connectivity index (χ1) is 13.6. The van der Waals surface area contributed by atoms with Crippen molar-refractivity contribution in [3.63, 3.8) is 0 Å². The second-order valence-corrected chi connectivity index (χ2v) is 7.48. The highest BCUT2D eigenvalue weighted by molar-refractivity contribution is 5.95. The van der Waals surface area contributed by atoms with Crippen LogP contribution >= 0.6 is 0 Å². The van der Waals surface area contributed by atoms with Crippen LogP contribution in [0, 0.1) is 5.82 Å². The van der Waals surface area contributed by atoms with E-state index in [1.807, 2.05) is 35.2 Å². The molecule has 0 aliphatic carbocycles. The fourth-order valence-corrected chi connectivity index (χ4v) is 4.09. The zero-order chi connectivity index (χ0) is 19.6. The summed E-state index contributed by atoms with van der Waals surface area (Å²) in [6.45, 7) is 2.75. The highest BCUT2D eigenvalue weighted by atomic mass is 19.1. The number of para-hydroxylation sites is 1. The Balaban J connectivity index is 1.43. The van der Waals surface area contributed by atoms with E-state index >= 15 is 0 Å². The van der Waals surface area contributed by atoms with Crippen molar-refractivity contribution in [2.45, 2.75) is 25.0 Å². The number of piperidine rings is 1. The molecule has 2 aliphatic rings. The minimum Gasteiger partial charge on any atom is -0.496 e. The molecule has 2 aromatic rings. The third-order valence-electron chi connectivity index (χ3n) is 5.76. The maximum Gasteiger partial charge on any atom is 0.253 e. The molecule has 0 radical (unpaired) electrons. The number of carbonyl (C=O) groups excluding carboxylic acids is 1. The molecule has 0 unspecified atom stereocenters. The van der Waals surface area contributed by atoms with Gasteiger partial charge in [-0.1, -0.05) is 24.3 Å². The molecular formula is C22H25FN2O3. The van der Waals surface area contributed by atoms with Gasteiger partial charge in [-0.05, 0) is 37.1 Å². The van der Waals surface area contributed by atoms with Gasteiger partial charge >= 0.3 is 0 Å². The Bertz CT molecular complexity index is 835. The predicted molar refractivity (Wildman–Crippen MR) is 105 cm³/mol. The van der Waals surface area contributed by atoms with Crippen molar-refractivity contribution in [3.8, 4) is 5.75 Å². The summed E-state index contributed by atoms with van der Waals surface area (Å²) in [6.07, 6.45) is 1.61. The van der Waals surface area contributed by atoms with Gasteiger partial charge in [0.15, 0.2) is 0 Å². The summed E-state index contributed by atoms with van der Waals surface area (Å²) in [6, 6.07) is 14.7. The second-order valence-electron chi connectivity index (χ2n) is 7.48. The largest absolute Gasteiger partial charge is 0.496 e. The van der Waals surface area contributed by atoms with E-state index in [0.29, 0.717) is 24.4 Å². The van der Waals surface area contributed by atoms with Crippen molar-refractivity contribution < 1.29 is 18.7 Å². The van der Waals surface area contributed by atoms with Crippen molar-refractivity contribution in [3.05, 3.63) is 59.9 Å². The molecule has 2 fully saturated rings. The van der Waals surface area contributed by atoms with Crippen LogP contribution in [0.25, 0.3) is 0 Å². The van der Waals surface area contributed by atoms with Gasteiger partial charge in [0.1, 0.15) is 18.2 Å². The standard InChI is InChI=1S/C22H25FN2O3/c1-27-20-9-5-8-19(23)18(20)14-24-12-10-22(11-13-24)16-25(21(26)15-28-22)17-6-3-2-4-7-17/h2-9H,10-16H2,1H3. The molecule has 5 nitrogen and oxygen atoms in total. The molecule has 0 N–H and O–H groups in total. The lowest BCUT2D eigenvalue weighted by Gasteiger charge is -2.47. The third kappa shape index (κ3) is 3.75. The fraction of sp³-hybridized carbons (Fsp3) is 0.409. The van der Waals surface area contributed by atoms with Gasteiger partial charge in [0.2, 0.25) is 0 Å². The SMILES string of the molecule is COc1cccc(F)c1CN1CCC2(CC1)CN(c1ccccc1)C(=O)CO2. The van der Waals surface area contributed by atoms with Gasteiger partial charge in [0.25, 0.3) is 5.91 Å². The molecule has 2 saturated heterocycles. The normalized spacial score (nSPS) is 19.8. The van der Waals surface area contributed by atoms with Gasteiger partial charge in [0, 0.05) is 30.9 Å². The number of nitrogens with zero attached hydrogens (tertiary/aromatic N) is 2. The van der Waals surface area contributed by atoms with E-state index in [1.165, 1.54) is 6.07 Å². The quantitative estimate of drug-likeness (QED) is 0.812. The van der Waals surface area contributed by atoms with Crippen molar-refractivity contribution >= 4 is 11.6 Å². The number of ether oxygens (including phenoxy) is 2. The summed E-state index contributed by atoms with van der Waals surface area (Å²) in [5, 5.41) is 0. The molecule has 1 amide bonds. The van der Waals surface area contributed by atoms with Gasteiger partial charge in [-0.15, -0.1) is 0 Å². The van der Waals surface area contributed by atoms with E-state index in [2.05, 4.69) is 4.90 Å². The van der Waals surface area contributed by atoms with E-state index in [-0.39, 0.29) is 23.9 Å². The molecule has 6 heteroatoms. The van der Waals surface area contributed by atoms with Crippen LogP contribution in [0.3, 0.4) is 0 Å². The Morgan fingerprint density at radius 2 is 1.86 bits per heavy atom. The van der Waals surface area contributed by atoms with Crippen molar-refractivity contribution in [1.82, 2.24) is 4.90 Å². The third-order valence-corrected chi connectivity index (χ3v) is 5.76. The number of likely N-dealkylation sites (tertiary alicyclic amines) is 1. The Morgan fingerprint density at radius 1 is 1.11 bits per heavy atom. The number of amides is 1. The van der Waals surface area contributed by atoms with E-state index in [0.717, 1.165) is 31.6 Å². The minimum atomic E-state index is -0.334. The Hall–Kier alpha value is -2.44. The number of morpholine rings is 1. The topological polar surface area (TPSA) is 42.0 Å². The molecule has 0 aromatic heterocycles. The number of rotatable bonds is 4. The summed E-state index contributed by atoms with van der Waals surface area (Å²) < 4.78 is 25.6. The van der Waals surface area contributed by atoms with Gasteiger partial charge < -0.3 is 14.4 Å². The highest BCUT2D eigenvalue weighted by Gasteiger charge is 2.42. The molecule has 2 aromatic carbocycles. The molecule has 4 rings (SSSR count). The van der Waals surface area contributed by atoms with Crippen molar-refractivity contribution in [2.24, 2.45) is 0 Å². The summed E-state index contributed by atoms with van der Waals surface area (Å²) in [5.41, 5.74) is 1.17. The molecule has 1 spiro atoms. The van der Waals surface area contributed by atoms with Gasteiger partial charge in [-0.25, -0.2) is 4.39 Å². The predicted octanol–water partition coefficient (Wildman–Crippen LogP) is 3.23. The molecule has 28 heavy (non-hydrogen) atoms. The van der Waals surface area contributed by atoms with E-state index < -0.39 is 0 Å². The number of anilines is 1. The van der Waals surface area contributed by atoms with Crippen molar-refractivity contribution in [1.29, 1.82) is 0 Å². The van der Waals surface area contributed by atoms with E-state index in [4.69, 9.17) is 9.47 Å². The number of halogens is 1. The zero-order valence-electron chi connectivity index (χ0n) is 16.1. The summed E-state index contributed by atoms with van der Waals surface area (Å²) >= 11 is 0. The first kappa shape index (κ1) is 18.9. The van der Waals surface area contributed by atoms with Crippen LogP contribution in [-0.2, 0) is 16.1 Å².